The van der Waals surface area contributed by atoms with Crippen LogP contribution in [0.15, 0.2) is 73.1 Å². The summed E-state index contributed by atoms with van der Waals surface area (Å²) in [6.45, 7) is 8.33. The molecule has 0 atom stereocenters. The summed E-state index contributed by atoms with van der Waals surface area (Å²) in [7, 11) is 3.36. The van der Waals surface area contributed by atoms with E-state index in [1.165, 1.54) is 58.6 Å². The molecule has 6 rings (SSSR count). The molecule has 2 aromatic heterocycles. The molecule has 8 nitrogen and oxygen atoms in total. The van der Waals surface area contributed by atoms with Crippen LogP contribution in [0.3, 0.4) is 0 Å². The molecular formula is C38H34F4N6O2. The number of pyridine rings is 2. The van der Waals surface area contributed by atoms with E-state index < -0.39 is 22.7 Å². The van der Waals surface area contributed by atoms with Gasteiger partial charge in [0.25, 0.3) is 0 Å². The highest BCUT2D eigenvalue weighted by atomic mass is 19.1. The Bertz CT molecular complexity index is 2080. The van der Waals surface area contributed by atoms with E-state index in [-0.39, 0.29) is 35.3 Å². The second-order valence-corrected chi connectivity index (χ2v) is 13.1. The first-order valence-electron chi connectivity index (χ1n) is 15.5. The lowest BCUT2D eigenvalue weighted by Crippen LogP contribution is -2.38. The van der Waals surface area contributed by atoms with Crippen LogP contribution in [0.4, 0.5) is 38.8 Å². The van der Waals surface area contributed by atoms with Gasteiger partial charge in [-0.05, 0) is 82.3 Å². The molecule has 2 aliphatic heterocycles. The van der Waals surface area contributed by atoms with Crippen molar-refractivity contribution in [1.29, 1.82) is 0 Å². The van der Waals surface area contributed by atoms with Crippen molar-refractivity contribution in [2.75, 3.05) is 37.0 Å². The number of halogens is 4. The van der Waals surface area contributed by atoms with Crippen molar-refractivity contribution in [2.24, 2.45) is 0 Å². The minimum absolute atomic E-state index is 0.00485. The topological polar surface area (TPSA) is 72.9 Å². The zero-order chi connectivity index (χ0) is 36.4. The molecular weight excluding hydrogens is 648 g/mol. The van der Waals surface area contributed by atoms with Crippen LogP contribution in [-0.4, -0.2) is 70.1 Å². The van der Waals surface area contributed by atoms with Crippen LogP contribution in [0.25, 0.3) is 0 Å². The Morgan fingerprint density at radius 3 is 1.42 bits per heavy atom. The van der Waals surface area contributed by atoms with Gasteiger partial charge in [-0.1, -0.05) is 29.7 Å². The van der Waals surface area contributed by atoms with Gasteiger partial charge in [0.05, 0.1) is 24.2 Å². The molecule has 4 aromatic rings. The fourth-order valence-electron chi connectivity index (χ4n) is 5.12. The number of benzene rings is 2. The summed E-state index contributed by atoms with van der Waals surface area (Å²) in [5, 5.41) is 0. The molecule has 4 heterocycles. The van der Waals surface area contributed by atoms with Crippen LogP contribution < -0.4 is 9.80 Å². The van der Waals surface area contributed by atoms with Crippen molar-refractivity contribution in [2.45, 2.75) is 38.8 Å². The molecule has 2 saturated heterocycles. The van der Waals surface area contributed by atoms with Crippen molar-refractivity contribution < 1.29 is 27.2 Å². The van der Waals surface area contributed by atoms with Gasteiger partial charge < -0.3 is 9.80 Å². The Kier molecular flexibility index (Phi) is 9.87. The van der Waals surface area contributed by atoms with E-state index in [2.05, 4.69) is 33.6 Å². The number of hydrogen-bond acceptors (Lipinski definition) is 4. The molecule has 0 aliphatic carbocycles. The Hall–Kier alpha value is -5.88. The molecule has 50 heavy (non-hydrogen) atoms. The van der Waals surface area contributed by atoms with E-state index in [1.54, 1.807) is 48.2 Å². The average molecular weight is 683 g/mol. The summed E-state index contributed by atoms with van der Waals surface area (Å²) in [4.78, 5) is 38.5. The number of aromatic nitrogens is 2. The lowest BCUT2D eigenvalue weighted by Gasteiger charge is -2.24. The number of amides is 4. The van der Waals surface area contributed by atoms with Crippen molar-refractivity contribution in [1.82, 2.24) is 19.8 Å². The second kappa shape index (κ2) is 13.9. The van der Waals surface area contributed by atoms with E-state index in [4.69, 9.17) is 0 Å². The van der Waals surface area contributed by atoms with Crippen LogP contribution >= 0.6 is 0 Å². The minimum atomic E-state index is -0.620. The second-order valence-electron chi connectivity index (χ2n) is 13.1. The molecule has 0 saturated carbocycles. The van der Waals surface area contributed by atoms with E-state index in [9.17, 15) is 27.2 Å². The van der Waals surface area contributed by atoms with E-state index >= 15 is 0 Å². The molecule has 0 N–H and O–H groups in total. The summed E-state index contributed by atoms with van der Waals surface area (Å²) in [5.74, 6) is 9.15. The number of carbonyl (C=O) groups excluding carboxylic acids is 2. The standard InChI is InChI=1S/2C19H17F2N3O/c1-19(2)12-24(18(25)23(19)3)17-16(21)10-14(11-22-17)5-4-13-6-8-15(20)9-7-13;1-19(2)12-24(18(25)23(19)3)17-16(21)10-14(11-22-17)8-7-13-5-4-6-15(20)9-13/h6-11H,12H2,1-3H3;4-6,9-11H,12H2,1-3H3. The zero-order valence-electron chi connectivity index (χ0n) is 28.4. The van der Waals surface area contributed by atoms with Crippen molar-refractivity contribution in [3.05, 3.63) is 119 Å². The summed E-state index contributed by atoms with van der Waals surface area (Å²) < 4.78 is 54.9. The fraction of sp³-hybridized carbons (Fsp3) is 0.263. The first-order valence-corrected chi connectivity index (χ1v) is 15.5. The zero-order valence-corrected chi connectivity index (χ0v) is 28.4. The van der Waals surface area contributed by atoms with Crippen LogP contribution in [-0.2, 0) is 0 Å². The molecule has 12 heteroatoms. The van der Waals surface area contributed by atoms with Crippen molar-refractivity contribution in [3.8, 4) is 23.7 Å². The summed E-state index contributed by atoms with van der Waals surface area (Å²) in [6, 6.07) is 13.4. The maximum absolute atomic E-state index is 14.4. The van der Waals surface area contributed by atoms with Gasteiger partial charge in [0.2, 0.25) is 0 Å². The Balaban J connectivity index is 0.000000194. The Labute approximate surface area is 288 Å². The molecule has 2 fully saturated rings. The van der Waals surface area contributed by atoms with Crippen molar-refractivity contribution in [3.63, 3.8) is 0 Å². The fourth-order valence-corrected chi connectivity index (χ4v) is 5.12. The highest BCUT2D eigenvalue weighted by molar-refractivity contribution is 5.95. The molecule has 256 valence electrons. The van der Waals surface area contributed by atoms with Crippen LogP contribution in [0, 0.1) is 47.0 Å². The van der Waals surface area contributed by atoms with Crippen LogP contribution in [0.2, 0.25) is 0 Å². The molecule has 2 aliphatic rings. The largest absolute Gasteiger partial charge is 0.326 e. The lowest BCUT2D eigenvalue weighted by molar-refractivity contribution is 0.197. The summed E-state index contributed by atoms with van der Waals surface area (Å²) >= 11 is 0. The summed E-state index contributed by atoms with van der Waals surface area (Å²) in [6.07, 6.45) is 2.83. The number of hydrogen-bond donors (Lipinski definition) is 0. The average Bonchev–Trinajstić information content (AvgIpc) is 3.41. The van der Waals surface area contributed by atoms with E-state index in [0.29, 0.717) is 35.3 Å². The maximum Gasteiger partial charge on any atom is 0.326 e. The van der Waals surface area contributed by atoms with E-state index in [1.807, 2.05) is 27.7 Å². The predicted molar refractivity (Wildman–Crippen MR) is 182 cm³/mol. The van der Waals surface area contributed by atoms with Crippen LogP contribution in [0.5, 0.6) is 0 Å². The van der Waals surface area contributed by atoms with Gasteiger partial charge in [0, 0.05) is 48.7 Å². The monoisotopic (exact) mass is 682 g/mol. The molecule has 0 radical (unpaired) electrons. The molecule has 4 amide bonds. The highest BCUT2D eigenvalue weighted by Gasteiger charge is 2.43. The Morgan fingerprint density at radius 1 is 0.580 bits per heavy atom. The van der Waals surface area contributed by atoms with Crippen LogP contribution in [0.1, 0.15) is 49.9 Å². The third-order valence-corrected chi connectivity index (χ3v) is 8.47. The van der Waals surface area contributed by atoms with Gasteiger partial charge in [-0.2, -0.15) is 0 Å². The minimum Gasteiger partial charge on any atom is -0.320 e. The van der Waals surface area contributed by atoms with E-state index in [0.717, 1.165) is 0 Å². The van der Waals surface area contributed by atoms with Gasteiger partial charge in [-0.15, -0.1) is 0 Å². The molecule has 0 spiro atoms. The smallest absolute Gasteiger partial charge is 0.320 e. The first-order chi connectivity index (χ1) is 23.6. The number of urea groups is 2. The third-order valence-electron chi connectivity index (χ3n) is 8.47. The van der Waals surface area contributed by atoms with Gasteiger partial charge in [-0.3, -0.25) is 9.80 Å². The van der Waals surface area contributed by atoms with Gasteiger partial charge >= 0.3 is 12.1 Å². The first kappa shape index (κ1) is 35.4. The molecule has 0 unspecified atom stereocenters. The number of rotatable bonds is 2. The SMILES string of the molecule is CN1C(=O)N(c2ncc(C#Cc3ccc(F)cc3)cc2F)CC1(C)C.CN1C(=O)N(c2ncc(C#Cc3cccc(F)c3)cc2F)CC1(C)C. The highest BCUT2D eigenvalue weighted by Crippen LogP contribution is 2.31. The number of anilines is 2. The normalized spacial score (nSPS) is 16.0. The lowest BCUT2D eigenvalue weighted by atomic mass is 10.1. The van der Waals surface area contributed by atoms with Gasteiger partial charge in [0.15, 0.2) is 23.3 Å². The Morgan fingerprint density at radius 2 is 1.02 bits per heavy atom. The molecule has 2 aromatic carbocycles. The molecule has 0 bridgehead atoms. The summed E-state index contributed by atoms with van der Waals surface area (Å²) in [5.41, 5.74) is 1.04. The maximum atomic E-state index is 14.4. The van der Waals surface area contributed by atoms with Gasteiger partial charge in [-0.25, -0.2) is 37.1 Å². The van der Waals surface area contributed by atoms with Crippen molar-refractivity contribution >= 4 is 23.7 Å². The number of carbonyl (C=O) groups is 2. The van der Waals surface area contributed by atoms with Gasteiger partial charge in [0.1, 0.15) is 11.6 Å². The predicted octanol–water partition coefficient (Wildman–Crippen LogP) is 6.82. The number of likely N-dealkylation sites (N-methyl/N-ethyl adjacent to an activating group) is 2. The third kappa shape index (κ3) is 7.71. The number of nitrogens with zero attached hydrogens (tertiary/aromatic N) is 6. The quantitative estimate of drug-likeness (QED) is 0.172.